The Labute approximate surface area is 266 Å². The van der Waals surface area contributed by atoms with Crippen LogP contribution in [0.25, 0.3) is 0 Å². The third kappa shape index (κ3) is 10.9. The lowest BCUT2D eigenvalue weighted by Gasteiger charge is -2.24. The number of rotatable bonds is 15. The van der Waals surface area contributed by atoms with Crippen molar-refractivity contribution in [3.8, 4) is 11.5 Å². The maximum atomic E-state index is 13.4. The minimum absolute atomic E-state index is 0.0443. The highest BCUT2D eigenvalue weighted by molar-refractivity contribution is 5.95. The summed E-state index contributed by atoms with van der Waals surface area (Å²) < 4.78 is 0. The normalized spacial score (nSPS) is 14.1. The molecule has 0 heterocycles. The maximum absolute atomic E-state index is 13.4. The van der Waals surface area contributed by atoms with Crippen LogP contribution < -0.4 is 32.7 Å². The molecule has 0 aliphatic carbocycles. The molecule has 5 atom stereocenters. The number of benzene rings is 3. The van der Waals surface area contributed by atoms with E-state index in [4.69, 9.17) is 11.5 Å². The van der Waals surface area contributed by atoms with Crippen molar-refractivity contribution < 1.29 is 34.2 Å². The molecule has 0 fully saturated rings. The molecular formula is C33H40N6O7. The van der Waals surface area contributed by atoms with Gasteiger partial charge < -0.3 is 42.9 Å². The molecule has 244 valence electrons. The molecule has 46 heavy (non-hydrogen) atoms. The molecule has 13 nitrogen and oxygen atoms in total. The lowest BCUT2D eigenvalue weighted by molar-refractivity contribution is -0.134. The second-order valence-corrected chi connectivity index (χ2v) is 11.0. The highest BCUT2D eigenvalue weighted by atomic mass is 16.3. The SMILES string of the molecule is C[C@@H](NC(=O)[C@H](Cc1ccccc1)NC(=O)[C@@H](C)NC(=O)[C@@H](N)Cc1ccc(O)cc1)C(=O)N[C@@H](Cc1ccc(O)cc1)C(N)=O. The van der Waals surface area contributed by atoms with E-state index in [2.05, 4.69) is 21.3 Å². The fourth-order valence-corrected chi connectivity index (χ4v) is 4.49. The van der Waals surface area contributed by atoms with Crippen LogP contribution in [-0.2, 0) is 43.2 Å². The Bertz CT molecular complexity index is 1500. The largest absolute Gasteiger partial charge is 0.508 e. The summed E-state index contributed by atoms with van der Waals surface area (Å²) in [6.07, 6.45) is 0.320. The second-order valence-electron chi connectivity index (χ2n) is 11.0. The van der Waals surface area contributed by atoms with Crippen LogP contribution in [-0.4, -0.2) is 70.0 Å². The summed E-state index contributed by atoms with van der Waals surface area (Å²) in [5.74, 6) is -3.24. The van der Waals surface area contributed by atoms with E-state index in [0.29, 0.717) is 5.56 Å². The van der Waals surface area contributed by atoms with Crippen LogP contribution in [0.1, 0.15) is 30.5 Å². The lowest BCUT2D eigenvalue weighted by Crippen LogP contribution is -2.58. The van der Waals surface area contributed by atoms with Crippen LogP contribution in [0.15, 0.2) is 78.9 Å². The number of carbonyl (C=O) groups excluding carboxylic acids is 5. The molecule has 13 heteroatoms. The summed E-state index contributed by atoms with van der Waals surface area (Å²) in [7, 11) is 0. The van der Waals surface area contributed by atoms with Crippen LogP contribution in [0.2, 0.25) is 0 Å². The smallest absolute Gasteiger partial charge is 0.243 e. The highest BCUT2D eigenvalue weighted by Crippen LogP contribution is 2.12. The van der Waals surface area contributed by atoms with Gasteiger partial charge >= 0.3 is 0 Å². The zero-order valence-electron chi connectivity index (χ0n) is 25.6. The number of phenols is 2. The standard InChI is InChI=1S/C33H40N6O7/c1-19(36-32(45)26(34)16-22-8-12-24(40)13-9-22)31(44)39-28(18-21-6-4-3-5-7-21)33(46)37-20(2)30(43)38-27(29(35)42)17-23-10-14-25(41)15-11-23/h3-15,19-20,26-28,40-41H,16-18,34H2,1-2H3,(H2,35,42)(H,36,45)(H,37,46)(H,38,43)(H,39,44)/t19-,20-,26+,27+,28+/m1/s1. The van der Waals surface area contributed by atoms with Gasteiger partial charge in [-0.3, -0.25) is 24.0 Å². The van der Waals surface area contributed by atoms with Crippen molar-refractivity contribution in [1.82, 2.24) is 21.3 Å². The molecule has 0 bridgehead atoms. The van der Waals surface area contributed by atoms with Crippen molar-refractivity contribution in [3.63, 3.8) is 0 Å². The zero-order valence-corrected chi connectivity index (χ0v) is 25.6. The average molecular weight is 633 g/mol. The Hall–Kier alpha value is -5.43. The molecule has 0 aliphatic rings. The summed E-state index contributed by atoms with van der Waals surface area (Å²) in [6, 6.07) is 15.8. The fourth-order valence-electron chi connectivity index (χ4n) is 4.49. The van der Waals surface area contributed by atoms with Gasteiger partial charge in [-0.1, -0.05) is 54.6 Å². The van der Waals surface area contributed by atoms with Crippen LogP contribution in [0.5, 0.6) is 11.5 Å². The van der Waals surface area contributed by atoms with E-state index in [1.807, 2.05) is 0 Å². The number of phenolic OH excluding ortho intramolecular Hbond substituents is 2. The first-order valence-corrected chi connectivity index (χ1v) is 14.7. The van der Waals surface area contributed by atoms with Gasteiger partial charge in [-0.05, 0) is 61.2 Å². The summed E-state index contributed by atoms with van der Waals surface area (Å²) in [6.45, 7) is 2.87. The maximum Gasteiger partial charge on any atom is 0.243 e. The van der Waals surface area contributed by atoms with Crippen molar-refractivity contribution in [3.05, 3.63) is 95.6 Å². The summed E-state index contributed by atoms with van der Waals surface area (Å²) in [5.41, 5.74) is 13.6. The van der Waals surface area contributed by atoms with E-state index in [0.717, 1.165) is 11.1 Å². The van der Waals surface area contributed by atoms with Crippen molar-refractivity contribution in [2.24, 2.45) is 11.5 Å². The molecule has 10 N–H and O–H groups in total. The number of hydrogen-bond acceptors (Lipinski definition) is 8. The van der Waals surface area contributed by atoms with Gasteiger partial charge in [-0.2, -0.15) is 0 Å². The number of primary amides is 1. The van der Waals surface area contributed by atoms with Crippen LogP contribution in [0.3, 0.4) is 0 Å². The molecule has 3 aromatic rings. The number of amides is 5. The molecular weight excluding hydrogens is 592 g/mol. The first-order chi connectivity index (χ1) is 21.8. The van der Waals surface area contributed by atoms with E-state index in [-0.39, 0.29) is 30.8 Å². The molecule has 0 saturated carbocycles. The van der Waals surface area contributed by atoms with E-state index in [1.54, 1.807) is 54.6 Å². The number of nitrogens with two attached hydrogens (primary N) is 2. The van der Waals surface area contributed by atoms with Gasteiger partial charge in [0.15, 0.2) is 0 Å². The minimum Gasteiger partial charge on any atom is -0.508 e. The summed E-state index contributed by atoms with van der Waals surface area (Å²) in [5, 5.41) is 29.2. The number of aromatic hydroxyl groups is 2. The van der Waals surface area contributed by atoms with E-state index >= 15 is 0 Å². The molecule has 0 aromatic heterocycles. The topological polar surface area (TPSA) is 226 Å². The van der Waals surface area contributed by atoms with Crippen LogP contribution in [0, 0.1) is 0 Å². The fraction of sp³-hybridized carbons (Fsp3) is 0.303. The Morgan fingerprint density at radius 3 is 1.48 bits per heavy atom. The number of carbonyl (C=O) groups is 5. The van der Waals surface area contributed by atoms with Gasteiger partial charge in [0.2, 0.25) is 29.5 Å². The van der Waals surface area contributed by atoms with Crippen LogP contribution >= 0.6 is 0 Å². The molecule has 3 rings (SSSR count). The number of hydrogen-bond donors (Lipinski definition) is 8. The Morgan fingerprint density at radius 1 is 0.565 bits per heavy atom. The highest BCUT2D eigenvalue weighted by Gasteiger charge is 2.29. The van der Waals surface area contributed by atoms with Crippen molar-refractivity contribution in [2.75, 3.05) is 0 Å². The van der Waals surface area contributed by atoms with Gasteiger partial charge in [0.05, 0.1) is 6.04 Å². The molecule has 0 radical (unpaired) electrons. The second kappa shape index (κ2) is 16.6. The van der Waals surface area contributed by atoms with Crippen LogP contribution in [0.4, 0.5) is 0 Å². The molecule has 3 aromatic carbocycles. The average Bonchev–Trinajstić information content (AvgIpc) is 3.02. The molecule has 0 spiro atoms. The van der Waals surface area contributed by atoms with E-state index in [9.17, 15) is 34.2 Å². The van der Waals surface area contributed by atoms with Gasteiger partial charge in [0, 0.05) is 12.8 Å². The Morgan fingerprint density at radius 2 is 0.978 bits per heavy atom. The molecule has 0 aliphatic heterocycles. The van der Waals surface area contributed by atoms with Gasteiger partial charge in [0.1, 0.15) is 35.7 Å². The Balaban J connectivity index is 1.63. The third-order valence-electron chi connectivity index (χ3n) is 7.18. The third-order valence-corrected chi connectivity index (χ3v) is 7.18. The van der Waals surface area contributed by atoms with E-state index in [1.165, 1.54) is 38.1 Å². The molecule has 5 amide bonds. The quantitative estimate of drug-likeness (QED) is 0.113. The summed E-state index contributed by atoms with van der Waals surface area (Å²) >= 11 is 0. The lowest BCUT2D eigenvalue weighted by atomic mass is 10.0. The van der Waals surface area contributed by atoms with E-state index < -0.39 is 59.7 Å². The zero-order chi connectivity index (χ0) is 33.8. The first kappa shape index (κ1) is 35.1. The monoisotopic (exact) mass is 632 g/mol. The predicted molar refractivity (Wildman–Crippen MR) is 170 cm³/mol. The van der Waals surface area contributed by atoms with Crippen molar-refractivity contribution >= 4 is 29.5 Å². The number of nitrogens with one attached hydrogen (secondary N) is 4. The molecule has 0 saturated heterocycles. The van der Waals surface area contributed by atoms with Crippen molar-refractivity contribution in [1.29, 1.82) is 0 Å². The molecule has 0 unspecified atom stereocenters. The predicted octanol–water partition coefficient (Wildman–Crippen LogP) is -0.0827. The van der Waals surface area contributed by atoms with Gasteiger partial charge in [-0.25, -0.2) is 0 Å². The van der Waals surface area contributed by atoms with Gasteiger partial charge in [-0.15, -0.1) is 0 Å². The van der Waals surface area contributed by atoms with Crippen molar-refractivity contribution in [2.45, 2.75) is 63.3 Å². The first-order valence-electron chi connectivity index (χ1n) is 14.7. The van der Waals surface area contributed by atoms with Gasteiger partial charge in [0.25, 0.3) is 0 Å². The minimum atomic E-state index is -1.13. The summed E-state index contributed by atoms with van der Waals surface area (Å²) in [4.78, 5) is 64.2. The Kier molecular flexibility index (Phi) is 12.6.